The van der Waals surface area contributed by atoms with Crippen LogP contribution in [0.25, 0.3) is 63.6 Å². The molecule has 0 radical (unpaired) electrons. The van der Waals surface area contributed by atoms with Gasteiger partial charge in [-0.1, -0.05) is 98.1 Å². The summed E-state index contributed by atoms with van der Waals surface area (Å²) in [4.78, 5) is 42.8. The third-order valence-corrected chi connectivity index (χ3v) is 20.3. The third-order valence-electron chi connectivity index (χ3n) is 16.3. The van der Waals surface area contributed by atoms with Crippen molar-refractivity contribution in [3.8, 4) is 67.9 Å². The van der Waals surface area contributed by atoms with Crippen LogP contribution in [-0.4, -0.2) is 91.8 Å². The number of halogens is 3. The lowest BCUT2D eigenvalue weighted by Crippen LogP contribution is -2.20. The third kappa shape index (κ3) is 16.9. The molecule has 6 N–H and O–H groups in total. The smallest absolute Gasteiger partial charge is 0.205 e. The molecule has 0 aliphatic rings. The first-order valence-corrected chi connectivity index (χ1v) is 35.5. The molecule has 3 aromatic heterocycles. The molecular weight excluding hydrogens is 1330 g/mol. The van der Waals surface area contributed by atoms with Gasteiger partial charge < -0.3 is 45.5 Å². The first kappa shape index (κ1) is 71.8. The van der Waals surface area contributed by atoms with Crippen molar-refractivity contribution < 1.29 is 48.3 Å². The predicted molar refractivity (Wildman–Crippen MR) is 402 cm³/mol. The molecule has 0 amide bonds. The second-order valence-corrected chi connectivity index (χ2v) is 27.4. The standard InChI is InChI=1S/C28H29NO3S.C27H26ClNO3S.C25H21ClFNO3S/c1-5-29-12-13-32-22-9-6-20(7-10-22)26-23-11-8-21(30)16-24(23)33-28(26)27(31)25-18(3)14-17(2)15-19(25)4;1-4-29-11-12-32-21-8-5-18(6-9-21)25-22-10-7-20(30)15-23(22)33-27(25)26(31)24-16(2)13-19(28)14-17(24)3;1-2-28-11-12-31-18-7-3-15(4-8-18)23-20-10-6-17(29)14-22(20)32-25(23)24(30)19-9-5-16(27)13-21(19)26/h6-11,14-16,29-30H,5,12-13H2,1-4H3;5-10,13-15,29-30H,4,11-12H2,1-3H3;3-10,13-14,28-29H,2,11-12H2,1H3. The number of hydrogen-bond acceptors (Lipinski definition) is 15. The van der Waals surface area contributed by atoms with Gasteiger partial charge in [0.1, 0.15) is 60.1 Å². The van der Waals surface area contributed by atoms with E-state index in [-0.39, 0.29) is 45.2 Å². The molecule has 12 nitrogen and oxygen atoms in total. The molecule has 18 heteroatoms. The van der Waals surface area contributed by atoms with Crippen molar-refractivity contribution in [3.05, 3.63) is 245 Å². The van der Waals surface area contributed by atoms with E-state index in [9.17, 15) is 34.1 Å². The number of carbonyl (C=O) groups is 3. The lowest BCUT2D eigenvalue weighted by molar-refractivity contribution is 0.103. The monoisotopic (exact) mass is 1410 g/mol. The highest BCUT2D eigenvalue weighted by molar-refractivity contribution is 7.22. The van der Waals surface area contributed by atoms with Gasteiger partial charge in [-0.2, -0.15) is 0 Å². The van der Waals surface area contributed by atoms with E-state index in [1.54, 1.807) is 42.5 Å². The van der Waals surface area contributed by atoms with Gasteiger partial charge in [-0.15, -0.1) is 34.0 Å². The van der Waals surface area contributed by atoms with Crippen molar-refractivity contribution >= 4 is 105 Å². The van der Waals surface area contributed by atoms with Gasteiger partial charge >= 0.3 is 0 Å². The summed E-state index contributed by atoms with van der Waals surface area (Å²) in [5.74, 6) is 1.99. The van der Waals surface area contributed by atoms with Crippen LogP contribution in [0.5, 0.6) is 34.5 Å². The number of rotatable bonds is 24. The molecule has 3 heterocycles. The molecule has 9 aromatic carbocycles. The average Bonchev–Trinajstić information content (AvgIpc) is 1.61. The van der Waals surface area contributed by atoms with Gasteiger partial charge in [0, 0.05) is 88.3 Å². The van der Waals surface area contributed by atoms with Crippen molar-refractivity contribution in [2.45, 2.75) is 55.4 Å². The number of ether oxygens (including phenoxy) is 3. The second kappa shape index (κ2) is 33.1. The minimum Gasteiger partial charge on any atom is -0.508 e. The summed E-state index contributed by atoms with van der Waals surface area (Å²) in [5, 5.41) is 43.1. The summed E-state index contributed by atoms with van der Waals surface area (Å²) in [6, 6.07) is 50.3. The molecule has 0 saturated heterocycles. The molecule has 0 bridgehead atoms. The minimum atomic E-state index is -0.502. The van der Waals surface area contributed by atoms with Gasteiger partial charge in [-0.3, -0.25) is 14.4 Å². The van der Waals surface area contributed by atoms with E-state index in [0.717, 1.165) is 160 Å². The first-order chi connectivity index (χ1) is 47.2. The van der Waals surface area contributed by atoms with Crippen LogP contribution in [0.15, 0.2) is 170 Å². The van der Waals surface area contributed by atoms with Crippen LogP contribution in [-0.2, 0) is 0 Å². The number of nitrogens with one attached hydrogen (secondary N) is 3. The fourth-order valence-corrected chi connectivity index (χ4v) is 16.0. The molecule has 0 atom stereocenters. The van der Waals surface area contributed by atoms with Gasteiger partial charge in [0.05, 0.1) is 19.7 Å². The lowest BCUT2D eigenvalue weighted by atomic mass is 9.92. The number of likely N-dealkylation sites (N-methyl/N-ethyl adjacent to an activating group) is 3. The summed E-state index contributed by atoms with van der Waals surface area (Å²) < 4.78 is 33.4. The molecule has 0 saturated carbocycles. The Bertz CT molecular complexity index is 4600. The van der Waals surface area contributed by atoms with Crippen LogP contribution in [0.3, 0.4) is 0 Å². The van der Waals surface area contributed by atoms with E-state index in [1.165, 1.54) is 46.1 Å². The fraction of sp³-hybridized carbons (Fsp3) is 0.212. The predicted octanol–water partition coefficient (Wildman–Crippen LogP) is 19.5. The van der Waals surface area contributed by atoms with Crippen molar-refractivity contribution in [2.24, 2.45) is 0 Å². The number of thiophene rings is 3. The number of phenolic OH excluding ortho intramolecular Hbond substituents is 3. The Balaban J connectivity index is 0.000000159. The van der Waals surface area contributed by atoms with E-state index in [4.69, 9.17) is 37.4 Å². The maximum atomic E-state index is 13.8. The van der Waals surface area contributed by atoms with Crippen molar-refractivity contribution in [3.63, 3.8) is 0 Å². The number of hydrogen-bond donors (Lipinski definition) is 6. The van der Waals surface area contributed by atoms with Crippen LogP contribution < -0.4 is 30.2 Å². The zero-order valence-electron chi connectivity index (χ0n) is 55.7. The SMILES string of the molecule is CCNCCOc1ccc(-c2c(C(=O)c3c(C)cc(C)cc3C)sc3cc(O)ccc23)cc1.CCNCCOc1ccc(-c2c(C(=O)c3c(C)cc(Cl)cc3C)sc3cc(O)ccc23)cc1.CCNCCOc1ccc(-c2c(C(=O)c3ccc(F)cc3Cl)sc3cc(O)ccc23)cc1. The Morgan fingerprint density at radius 3 is 1.07 bits per heavy atom. The van der Waals surface area contributed by atoms with E-state index in [1.807, 2.05) is 139 Å². The molecule has 12 aromatic rings. The Morgan fingerprint density at radius 1 is 0.418 bits per heavy atom. The zero-order chi connectivity index (χ0) is 69.7. The molecule has 98 heavy (non-hydrogen) atoms. The Kier molecular flexibility index (Phi) is 24.2. The summed E-state index contributed by atoms with van der Waals surface area (Å²) in [6.07, 6.45) is 0. The lowest BCUT2D eigenvalue weighted by Gasteiger charge is -2.12. The summed E-state index contributed by atoms with van der Waals surface area (Å²) in [6.45, 7) is 22.8. The van der Waals surface area contributed by atoms with Gasteiger partial charge in [-0.25, -0.2) is 4.39 Å². The second-order valence-electron chi connectivity index (χ2n) is 23.4. The largest absolute Gasteiger partial charge is 0.508 e. The van der Waals surface area contributed by atoms with Crippen LogP contribution in [0, 0.1) is 40.4 Å². The van der Waals surface area contributed by atoms with Crippen molar-refractivity contribution in [1.29, 1.82) is 0 Å². The number of aromatic hydroxyl groups is 3. The topological polar surface area (TPSA) is 176 Å². The number of phenols is 3. The van der Waals surface area contributed by atoms with E-state index in [0.29, 0.717) is 45.0 Å². The number of fused-ring (bicyclic) bond motifs is 3. The number of benzene rings is 9. The van der Waals surface area contributed by atoms with E-state index < -0.39 is 5.82 Å². The molecule has 12 rings (SSSR count). The Hall–Kier alpha value is -8.94. The van der Waals surface area contributed by atoms with Crippen LogP contribution >= 0.6 is 57.2 Å². The molecule has 0 unspecified atom stereocenters. The van der Waals surface area contributed by atoms with E-state index >= 15 is 0 Å². The van der Waals surface area contributed by atoms with Crippen molar-refractivity contribution in [1.82, 2.24) is 16.0 Å². The quantitative estimate of drug-likeness (QED) is 0.0250. The maximum Gasteiger partial charge on any atom is 0.205 e. The number of ketones is 3. The molecule has 504 valence electrons. The molecule has 0 aliphatic carbocycles. The number of carbonyl (C=O) groups excluding carboxylic acids is 3. The molecule has 0 spiro atoms. The first-order valence-electron chi connectivity index (χ1n) is 32.3. The van der Waals surface area contributed by atoms with E-state index in [2.05, 4.69) is 41.9 Å². The van der Waals surface area contributed by atoms with Crippen LogP contribution in [0.2, 0.25) is 10.0 Å². The highest BCUT2D eigenvalue weighted by atomic mass is 35.5. The Labute approximate surface area is 592 Å². The highest BCUT2D eigenvalue weighted by Gasteiger charge is 2.28. The minimum absolute atomic E-state index is 0.0201. The number of aryl methyl sites for hydroxylation is 5. The van der Waals surface area contributed by atoms with Gasteiger partial charge in [0.2, 0.25) is 17.3 Å². The highest BCUT2D eigenvalue weighted by Crippen LogP contribution is 2.46. The molecule has 0 fully saturated rings. The summed E-state index contributed by atoms with van der Waals surface area (Å²) in [7, 11) is 0. The average molecular weight is 1410 g/mol. The normalized spacial score (nSPS) is 11.1. The maximum absolute atomic E-state index is 13.8. The van der Waals surface area contributed by atoms with Crippen LogP contribution in [0.1, 0.15) is 94.3 Å². The summed E-state index contributed by atoms with van der Waals surface area (Å²) in [5.41, 5.74) is 11.7. The summed E-state index contributed by atoms with van der Waals surface area (Å²) >= 11 is 16.5. The van der Waals surface area contributed by atoms with Crippen molar-refractivity contribution in [2.75, 3.05) is 59.1 Å². The Morgan fingerprint density at radius 2 is 0.745 bits per heavy atom. The van der Waals surface area contributed by atoms with Crippen LogP contribution in [0.4, 0.5) is 4.39 Å². The van der Waals surface area contributed by atoms with Gasteiger partial charge in [0.25, 0.3) is 0 Å². The zero-order valence-corrected chi connectivity index (χ0v) is 59.6. The van der Waals surface area contributed by atoms with Gasteiger partial charge in [-0.05, 0) is 215 Å². The van der Waals surface area contributed by atoms with Gasteiger partial charge in [0.15, 0.2) is 0 Å². The molecule has 0 aliphatic heterocycles. The molecular formula is C80H76Cl2FN3O9S3. The fourth-order valence-electron chi connectivity index (χ4n) is 11.8.